The van der Waals surface area contributed by atoms with Gasteiger partial charge in [0.2, 0.25) is 0 Å². The van der Waals surface area contributed by atoms with Gasteiger partial charge in [-0.15, -0.1) is 0 Å². The summed E-state index contributed by atoms with van der Waals surface area (Å²) in [6, 6.07) is 17.1. The van der Waals surface area contributed by atoms with E-state index in [2.05, 4.69) is 6.07 Å². The number of primary amides is 1. The maximum absolute atomic E-state index is 11.0. The van der Waals surface area contributed by atoms with E-state index in [4.69, 9.17) is 15.2 Å². The maximum Gasteiger partial charge on any atom is 0.258 e. The highest BCUT2D eigenvalue weighted by Crippen LogP contribution is 2.27. The third-order valence-electron chi connectivity index (χ3n) is 3.90. The van der Waals surface area contributed by atoms with Gasteiger partial charge in [-0.05, 0) is 56.2 Å². The predicted octanol–water partition coefficient (Wildman–Crippen LogP) is 3.32. The van der Waals surface area contributed by atoms with Crippen LogP contribution < -0.4 is 15.2 Å². The van der Waals surface area contributed by atoms with Gasteiger partial charge in [-0.25, -0.2) is 0 Å². The fourth-order valence-electron chi connectivity index (χ4n) is 2.35. The van der Waals surface area contributed by atoms with Crippen molar-refractivity contribution in [3.05, 3.63) is 59.7 Å². The van der Waals surface area contributed by atoms with Crippen molar-refractivity contribution in [2.45, 2.75) is 38.9 Å². The van der Waals surface area contributed by atoms with Crippen LogP contribution in [0.5, 0.6) is 11.5 Å². The SMILES string of the molecule is C[C@@H](Oc1ccc(OCc2ccccc2C(C)(C)C#N)cc1)C(N)=O. The molecule has 2 rings (SSSR count). The Labute approximate surface area is 148 Å². The average molecular weight is 338 g/mol. The van der Waals surface area contributed by atoms with Gasteiger partial charge in [0.25, 0.3) is 5.91 Å². The molecule has 0 aliphatic carbocycles. The van der Waals surface area contributed by atoms with Gasteiger partial charge in [-0.1, -0.05) is 24.3 Å². The number of amides is 1. The topological polar surface area (TPSA) is 85.3 Å². The maximum atomic E-state index is 11.0. The first-order valence-corrected chi connectivity index (χ1v) is 8.02. The minimum Gasteiger partial charge on any atom is -0.489 e. The monoisotopic (exact) mass is 338 g/mol. The Kier molecular flexibility index (Phi) is 5.66. The van der Waals surface area contributed by atoms with Crippen molar-refractivity contribution >= 4 is 5.91 Å². The number of carbonyl (C=O) groups excluding carboxylic acids is 1. The minimum absolute atomic E-state index is 0.360. The van der Waals surface area contributed by atoms with Crippen molar-refractivity contribution in [2.75, 3.05) is 0 Å². The van der Waals surface area contributed by atoms with Crippen molar-refractivity contribution in [3.8, 4) is 17.6 Å². The quantitative estimate of drug-likeness (QED) is 0.839. The zero-order chi connectivity index (χ0) is 18.4. The molecule has 0 radical (unpaired) electrons. The molecule has 130 valence electrons. The molecule has 0 unspecified atom stereocenters. The number of hydrogen-bond acceptors (Lipinski definition) is 4. The molecule has 0 saturated heterocycles. The lowest BCUT2D eigenvalue weighted by Crippen LogP contribution is -2.30. The number of carbonyl (C=O) groups is 1. The Bertz CT molecular complexity index is 776. The lowest BCUT2D eigenvalue weighted by Gasteiger charge is -2.20. The fraction of sp³-hybridized carbons (Fsp3) is 0.300. The van der Waals surface area contributed by atoms with Crippen molar-refractivity contribution in [1.82, 2.24) is 0 Å². The van der Waals surface area contributed by atoms with Crippen LogP contribution in [0.3, 0.4) is 0 Å². The first-order valence-electron chi connectivity index (χ1n) is 8.02. The summed E-state index contributed by atoms with van der Waals surface area (Å²) < 4.78 is 11.2. The molecule has 2 N–H and O–H groups in total. The van der Waals surface area contributed by atoms with Gasteiger partial charge in [0.15, 0.2) is 6.10 Å². The number of nitrogens with two attached hydrogens (primary N) is 1. The highest BCUT2D eigenvalue weighted by molar-refractivity contribution is 5.78. The number of rotatable bonds is 7. The molecule has 0 aliphatic rings. The minimum atomic E-state index is -0.688. The summed E-state index contributed by atoms with van der Waals surface area (Å²) in [4.78, 5) is 11.0. The second kappa shape index (κ2) is 7.71. The largest absolute Gasteiger partial charge is 0.489 e. The summed E-state index contributed by atoms with van der Waals surface area (Å²) in [6.07, 6.45) is -0.688. The Morgan fingerprint density at radius 1 is 1.16 bits per heavy atom. The van der Waals surface area contributed by atoms with E-state index in [0.29, 0.717) is 18.1 Å². The van der Waals surface area contributed by atoms with Crippen LogP contribution in [0.1, 0.15) is 31.9 Å². The third kappa shape index (κ3) is 4.74. The van der Waals surface area contributed by atoms with E-state index in [9.17, 15) is 10.1 Å². The predicted molar refractivity (Wildman–Crippen MR) is 95.1 cm³/mol. The molecule has 1 amide bonds. The van der Waals surface area contributed by atoms with Crippen LogP contribution in [0, 0.1) is 11.3 Å². The Morgan fingerprint density at radius 3 is 2.36 bits per heavy atom. The molecule has 0 heterocycles. The number of hydrogen-bond donors (Lipinski definition) is 1. The highest BCUT2D eigenvalue weighted by Gasteiger charge is 2.22. The number of ether oxygens (including phenoxy) is 2. The van der Waals surface area contributed by atoms with E-state index in [0.717, 1.165) is 11.1 Å². The molecular weight excluding hydrogens is 316 g/mol. The van der Waals surface area contributed by atoms with Crippen molar-refractivity contribution in [1.29, 1.82) is 5.26 Å². The summed E-state index contributed by atoms with van der Waals surface area (Å²) in [5.74, 6) is 0.699. The van der Waals surface area contributed by atoms with Crippen LogP contribution >= 0.6 is 0 Å². The van der Waals surface area contributed by atoms with E-state index in [1.54, 1.807) is 31.2 Å². The van der Waals surface area contributed by atoms with E-state index in [1.807, 2.05) is 38.1 Å². The number of nitriles is 1. The Hall–Kier alpha value is -3.00. The summed E-state index contributed by atoms with van der Waals surface area (Å²) in [5.41, 5.74) is 6.51. The van der Waals surface area contributed by atoms with Gasteiger partial charge >= 0.3 is 0 Å². The summed E-state index contributed by atoms with van der Waals surface area (Å²) in [5, 5.41) is 9.36. The van der Waals surface area contributed by atoms with Gasteiger partial charge < -0.3 is 15.2 Å². The van der Waals surface area contributed by atoms with E-state index < -0.39 is 17.4 Å². The molecule has 2 aromatic rings. The van der Waals surface area contributed by atoms with Crippen LogP contribution in [-0.2, 0) is 16.8 Å². The third-order valence-corrected chi connectivity index (χ3v) is 3.90. The van der Waals surface area contributed by atoms with Crippen molar-refractivity contribution in [3.63, 3.8) is 0 Å². The molecule has 0 aromatic heterocycles. The molecule has 0 bridgehead atoms. The lowest BCUT2D eigenvalue weighted by molar-refractivity contribution is -0.123. The van der Waals surface area contributed by atoms with Gasteiger partial charge in [0.05, 0.1) is 11.5 Å². The zero-order valence-electron chi connectivity index (χ0n) is 14.7. The fourth-order valence-corrected chi connectivity index (χ4v) is 2.35. The molecule has 25 heavy (non-hydrogen) atoms. The molecule has 0 spiro atoms. The first-order chi connectivity index (χ1) is 11.8. The molecule has 2 aromatic carbocycles. The summed E-state index contributed by atoms with van der Waals surface area (Å²) in [6.45, 7) is 5.73. The van der Waals surface area contributed by atoms with E-state index in [1.165, 1.54) is 0 Å². The second-order valence-corrected chi connectivity index (χ2v) is 6.32. The molecule has 0 aliphatic heterocycles. The van der Waals surface area contributed by atoms with Gasteiger partial charge in [0, 0.05) is 0 Å². The number of benzene rings is 2. The zero-order valence-corrected chi connectivity index (χ0v) is 14.7. The van der Waals surface area contributed by atoms with E-state index >= 15 is 0 Å². The van der Waals surface area contributed by atoms with Gasteiger partial charge in [-0.3, -0.25) is 4.79 Å². The van der Waals surface area contributed by atoms with Crippen LogP contribution in [0.4, 0.5) is 0 Å². The lowest BCUT2D eigenvalue weighted by atomic mass is 9.83. The van der Waals surface area contributed by atoms with Gasteiger partial charge in [0.1, 0.15) is 18.1 Å². The Morgan fingerprint density at radius 2 is 1.76 bits per heavy atom. The average Bonchev–Trinajstić information content (AvgIpc) is 2.61. The molecule has 5 nitrogen and oxygen atoms in total. The smallest absolute Gasteiger partial charge is 0.258 e. The molecular formula is C20H22N2O3. The molecule has 1 atom stereocenters. The van der Waals surface area contributed by atoms with Crippen molar-refractivity contribution in [2.24, 2.45) is 5.73 Å². The number of nitrogens with zero attached hydrogens (tertiary/aromatic N) is 1. The summed E-state index contributed by atoms with van der Waals surface area (Å²) in [7, 11) is 0. The molecule has 5 heteroatoms. The van der Waals surface area contributed by atoms with Crippen molar-refractivity contribution < 1.29 is 14.3 Å². The van der Waals surface area contributed by atoms with Gasteiger partial charge in [-0.2, -0.15) is 5.26 Å². The normalized spacial score (nSPS) is 12.1. The Balaban J connectivity index is 2.06. The van der Waals surface area contributed by atoms with Crippen LogP contribution in [-0.4, -0.2) is 12.0 Å². The molecule has 0 saturated carbocycles. The standard InChI is InChI=1S/C20H22N2O3/c1-14(19(22)23)25-17-10-8-16(9-11-17)24-12-15-6-4-5-7-18(15)20(2,3)13-21/h4-11,14H,12H2,1-3H3,(H2,22,23)/t14-/m1/s1. The second-order valence-electron chi connectivity index (χ2n) is 6.32. The molecule has 0 fully saturated rings. The van der Waals surface area contributed by atoms with Crippen LogP contribution in [0.25, 0.3) is 0 Å². The highest BCUT2D eigenvalue weighted by atomic mass is 16.5. The first kappa shape index (κ1) is 18.3. The van der Waals surface area contributed by atoms with E-state index in [-0.39, 0.29) is 0 Å². The van der Waals surface area contributed by atoms with Crippen LogP contribution in [0.15, 0.2) is 48.5 Å². The summed E-state index contributed by atoms with van der Waals surface area (Å²) >= 11 is 0. The van der Waals surface area contributed by atoms with Crippen LogP contribution in [0.2, 0.25) is 0 Å².